The van der Waals surface area contributed by atoms with Crippen LogP contribution >= 0.6 is 11.3 Å². The molecule has 0 fully saturated rings. The van der Waals surface area contributed by atoms with Gasteiger partial charge in [-0.05, 0) is 67.1 Å². The Morgan fingerprint density at radius 2 is 1.48 bits per heavy atom. The van der Waals surface area contributed by atoms with Gasteiger partial charge in [-0.2, -0.15) is 0 Å². The van der Waals surface area contributed by atoms with Crippen LogP contribution in [0, 0.1) is 0 Å². The highest BCUT2D eigenvalue weighted by Crippen LogP contribution is 2.28. The number of benzene rings is 2. The van der Waals surface area contributed by atoms with Gasteiger partial charge in [-0.3, -0.25) is 9.59 Å². The Bertz CT molecular complexity index is 1690. The molecule has 0 spiro atoms. The van der Waals surface area contributed by atoms with Gasteiger partial charge in [-0.25, -0.2) is 14.8 Å². The molecule has 0 radical (unpaired) electrons. The van der Waals surface area contributed by atoms with Crippen molar-refractivity contribution in [3.63, 3.8) is 0 Å². The highest BCUT2D eigenvalue weighted by Gasteiger charge is 2.24. The number of aromatic nitrogens is 2. The molecule has 0 aliphatic carbocycles. The maximum absolute atomic E-state index is 12.7. The van der Waals surface area contributed by atoms with E-state index < -0.39 is 24.0 Å². The predicted molar refractivity (Wildman–Crippen MR) is 215 cm³/mol. The summed E-state index contributed by atoms with van der Waals surface area (Å²) in [4.78, 5) is 56.2. The first-order valence-corrected chi connectivity index (χ1v) is 19.1. The van der Waals surface area contributed by atoms with Crippen molar-refractivity contribution in [2.45, 2.75) is 96.6 Å². The molecule has 4 aromatic rings. The van der Waals surface area contributed by atoms with Crippen molar-refractivity contribution in [3.05, 3.63) is 88.4 Å². The summed E-state index contributed by atoms with van der Waals surface area (Å²) in [5.41, 5.74) is 3.82. The van der Waals surface area contributed by atoms with Crippen LogP contribution in [0.1, 0.15) is 92.8 Å². The lowest BCUT2D eigenvalue weighted by molar-refractivity contribution is -0.142. The number of aliphatic hydroxyl groups excluding tert-OH is 1. The lowest BCUT2D eigenvalue weighted by Crippen LogP contribution is -2.50. The second-order valence-corrected chi connectivity index (χ2v) is 14.7. The van der Waals surface area contributed by atoms with Crippen LogP contribution in [-0.4, -0.2) is 77.5 Å². The minimum atomic E-state index is -1.17. The summed E-state index contributed by atoms with van der Waals surface area (Å²) in [6.45, 7) is 9.38. The summed E-state index contributed by atoms with van der Waals surface area (Å²) in [7, 11) is 2.64. The number of unbranched alkanes of at least 4 members (excludes halogenated alkanes) is 4. The second kappa shape index (κ2) is 24.5. The van der Waals surface area contributed by atoms with E-state index in [1.807, 2.05) is 60.7 Å². The van der Waals surface area contributed by atoms with Gasteiger partial charge in [0.05, 0.1) is 17.5 Å². The standard InChI is InChI=1S/C32H40N4O5.C9H12OS.CH4O/c1-3-4-5-6-7-19-41-27-16-14-24(15-17-27)26-21-34-30(35-22-26)25-12-10-23(11-13-25)20-29(33-2)31(38)36-28(32(39)40)9-8-18-37;1-9(2,3)8-5-4-7(6-10)11-8;1-2/h10-18,21-22,28-29,33H,3-9,19-20H2,1-2H3,(H,36,38)(H,39,40);4-6H,1-3H3;2H,1H3. The largest absolute Gasteiger partial charge is 0.494 e. The third-order valence-electron chi connectivity index (χ3n) is 8.34. The van der Waals surface area contributed by atoms with Crippen molar-refractivity contribution in [2.24, 2.45) is 0 Å². The minimum Gasteiger partial charge on any atom is -0.494 e. The topological polar surface area (TPSA) is 168 Å². The lowest BCUT2D eigenvalue weighted by Gasteiger charge is -2.20. The first kappa shape index (κ1) is 45.4. The normalized spacial score (nSPS) is 11.8. The van der Waals surface area contributed by atoms with Gasteiger partial charge in [0.1, 0.15) is 18.1 Å². The summed E-state index contributed by atoms with van der Waals surface area (Å²) in [5.74, 6) is -0.152. The van der Waals surface area contributed by atoms with Crippen molar-refractivity contribution in [2.75, 3.05) is 20.8 Å². The molecule has 54 heavy (non-hydrogen) atoms. The Labute approximate surface area is 323 Å². The molecule has 2 heterocycles. The highest BCUT2D eigenvalue weighted by molar-refractivity contribution is 7.13. The maximum Gasteiger partial charge on any atom is 0.326 e. The number of carbonyl (C=O) groups excluding carboxylic acids is 3. The van der Waals surface area contributed by atoms with E-state index in [0.717, 1.165) is 59.3 Å². The number of nitrogens with zero attached hydrogens (tertiary/aromatic N) is 2. The number of rotatable bonds is 19. The summed E-state index contributed by atoms with van der Waals surface area (Å²) in [6.07, 6.45) is 11.7. The van der Waals surface area contributed by atoms with E-state index in [9.17, 15) is 24.3 Å². The molecule has 2 atom stereocenters. The average molecular weight is 761 g/mol. The van der Waals surface area contributed by atoms with E-state index in [-0.39, 0.29) is 18.3 Å². The average Bonchev–Trinajstić information content (AvgIpc) is 3.69. The number of thiophene rings is 1. The number of carboxylic acids is 1. The molecule has 2 aromatic heterocycles. The number of nitrogens with one attached hydrogen (secondary N) is 2. The van der Waals surface area contributed by atoms with Gasteiger partial charge in [0.25, 0.3) is 0 Å². The quantitative estimate of drug-likeness (QED) is 0.0562. The van der Waals surface area contributed by atoms with Crippen LogP contribution in [0.25, 0.3) is 22.5 Å². The molecule has 11 nitrogen and oxygen atoms in total. The number of hydrogen-bond donors (Lipinski definition) is 4. The maximum atomic E-state index is 12.7. The van der Waals surface area contributed by atoms with Crippen LogP contribution in [0.4, 0.5) is 0 Å². The fourth-order valence-electron chi connectivity index (χ4n) is 5.20. The Hall–Kier alpha value is -4.78. The zero-order chi connectivity index (χ0) is 39.9. The molecule has 2 aromatic carbocycles. The lowest BCUT2D eigenvalue weighted by atomic mass is 9.95. The van der Waals surface area contributed by atoms with Crippen LogP contribution in [0.15, 0.2) is 73.1 Å². The van der Waals surface area contributed by atoms with E-state index >= 15 is 0 Å². The minimum absolute atomic E-state index is 0.0491. The molecule has 12 heteroatoms. The zero-order valence-electron chi connectivity index (χ0n) is 32.3. The first-order chi connectivity index (χ1) is 26.0. The van der Waals surface area contributed by atoms with Gasteiger partial charge in [-0.15, -0.1) is 11.3 Å². The third kappa shape index (κ3) is 15.7. The van der Waals surface area contributed by atoms with Gasteiger partial charge in [0.2, 0.25) is 5.91 Å². The monoisotopic (exact) mass is 760 g/mol. The van der Waals surface area contributed by atoms with E-state index in [4.69, 9.17) is 9.84 Å². The Balaban J connectivity index is 0.000000657. The van der Waals surface area contributed by atoms with Crippen LogP contribution in [0.3, 0.4) is 0 Å². The molecule has 0 aliphatic rings. The molecule has 2 unspecified atom stereocenters. The number of ether oxygens (including phenoxy) is 1. The summed E-state index contributed by atoms with van der Waals surface area (Å²) in [6, 6.07) is 17.7. The van der Waals surface area contributed by atoms with Crippen LogP contribution < -0.4 is 15.4 Å². The summed E-state index contributed by atoms with van der Waals surface area (Å²) < 4.78 is 5.86. The van der Waals surface area contributed by atoms with Crippen molar-refractivity contribution >= 4 is 35.8 Å². The Kier molecular flexibility index (Phi) is 20.6. The van der Waals surface area contributed by atoms with Gasteiger partial charge in [0, 0.05) is 41.9 Å². The number of carbonyl (C=O) groups is 4. The van der Waals surface area contributed by atoms with Gasteiger partial charge in [-0.1, -0.05) is 89.8 Å². The number of carboxylic acid groups (broad SMARTS) is 1. The van der Waals surface area contributed by atoms with Crippen molar-refractivity contribution in [3.8, 4) is 28.3 Å². The molecule has 292 valence electrons. The van der Waals surface area contributed by atoms with Crippen molar-refractivity contribution in [1.29, 1.82) is 0 Å². The fraction of sp³-hybridized carbons (Fsp3) is 0.429. The summed E-state index contributed by atoms with van der Waals surface area (Å²) in [5, 5.41) is 21.8. The van der Waals surface area contributed by atoms with Crippen LogP contribution in [0.5, 0.6) is 5.75 Å². The number of aldehydes is 2. The van der Waals surface area contributed by atoms with Gasteiger partial charge in [0.15, 0.2) is 12.1 Å². The SMILES string of the molecule is CC(C)(C)c1ccc(C=O)s1.CCCCCCCOc1ccc(-c2cnc(-c3ccc(CC(NC)C(=O)NC(CCC=O)C(=O)O)cc3)nc2)cc1.CO. The number of aliphatic carboxylic acids is 1. The molecule has 0 bridgehead atoms. The molecule has 0 saturated heterocycles. The fourth-order valence-corrected chi connectivity index (χ4v) is 6.08. The first-order valence-electron chi connectivity index (χ1n) is 18.3. The number of aliphatic hydroxyl groups is 1. The van der Waals surface area contributed by atoms with Crippen LogP contribution in [0.2, 0.25) is 0 Å². The van der Waals surface area contributed by atoms with Crippen molar-refractivity contribution in [1.82, 2.24) is 20.6 Å². The predicted octanol–water partition coefficient (Wildman–Crippen LogP) is 7.31. The Morgan fingerprint density at radius 3 is 2.00 bits per heavy atom. The smallest absolute Gasteiger partial charge is 0.326 e. The molecular formula is C42H56N4O7S. The zero-order valence-corrected chi connectivity index (χ0v) is 33.2. The third-order valence-corrected chi connectivity index (χ3v) is 9.78. The van der Waals surface area contributed by atoms with Gasteiger partial charge < -0.3 is 30.4 Å². The second-order valence-electron chi connectivity index (χ2n) is 13.5. The molecule has 4 N–H and O–H groups in total. The van der Waals surface area contributed by atoms with E-state index in [1.54, 1.807) is 30.8 Å². The van der Waals surface area contributed by atoms with E-state index in [0.29, 0.717) is 18.5 Å². The highest BCUT2D eigenvalue weighted by atomic mass is 32.1. The van der Waals surface area contributed by atoms with Crippen molar-refractivity contribution < 1.29 is 34.1 Å². The molecule has 0 saturated carbocycles. The number of likely N-dealkylation sites (N-methyl/N-ethyl adjacent to an activating group) is 1. The molecule has 0 aliphatic heterocycles. The summed E-state index contributed by atoms with van der Waals surface area (Å²) >= 11 is 1.57. The Morgan fingerprint density at radius 1 is 0.852 bits per heavy atom. The van der Waals surface area contributed by atoms with Gasteiger partial charge >= 0.3 is 5.97 Å². The van der Waals surface area contributed by atoms with E-state index in [1.165, 1.54) is 30.6 Å². The molecule has 1 amide bonds. The molecule has 4 rings (SSSR count). The number of amides is 1. The number of hydrogen-bond acceptors (Lipinski definition) is 10. The van der Waals surface area contributed by atoms with E-state index in [2.05, 4.69) is 48.3 Å². The molecular weight excluding hydrogens is 705 g/mol. The van der Waals surface area contributed by atoms with Crippen LogP contribution in [-0.2, 0) is 26.2 Å².